The molecule has 1 saturated heterocycles. The standard InChI is InChI=1S/C29H38N2O5/c1-35-23-11-7-19(8-12-23)15-25-27(32)28(33)26(16-20-9-13-24(36-2)14-10-20)31(18-22-5-6-22)29(34)30(25)17-21-3-4-21/h7-14,21-22,25-28,32-33H,3-6,15-18H2,1-2H3/t25-,26-,27+,28+/m1/s1. The van der Waals surface area contributed by atoms with Crippen LogP contribution in [-0.4, -0.2) is 77.6 Å². The van der Waals surface area contributed by atoms with E-state index in [2.05, 4.69) is 0 Å². The summed E-state index contributed by atoms with van der Waals surface area (Å²) in [6, 6.07) is 14.4. The summed E-state index contributed by atoms with van der Waals surface area (Å²) in [5.74, 6) is 2.47. The first-order chi connectivity index (χ1) is 17.5. The van der Waals surface area contributed by atoms with E-state index in [1.54, 1.807) is 14.2 Å². The molecular weight excluding hydrogens is 456 g/mol. The van der Waals surface area contributed by atoms with E-state index in [0.717, 1.165) is 48.3 Å². The van der Waals surface area contributed by atoms with Gasteiger partial charge in [0.1, 0.15) is 23.7 Å². The van der Waals surface area contributed by atoms with Crippen molar-refractivity contribution in [3.8, 4) is 11.5 Å². The van der Waals surface area contributed by atoms with E-state index < -0.39 is 24.3 Å². The highest BCUT2D eigenvalue weighted by Gasteiger charge is 2.48. The Morgan fingerprint density at radius 3 is 1.36 bits per heavy atom. The number of nitrogens with zero attached hydrogens (tertiary/aromatic N) is 2. The Morgan fingerprint density at radius 1 is 0.694 bits per heavy atom. The fraction of sp³-hybridized carbons (Fsp3) is 0.552. The van der Waals surface area contributed by atoms with Crippen LogP contribution >= 0.6 is 0 Å². The molecule has 0 aromatic heterocycles. The first-order valence-electron chi connectivity index (χ1n) is 13.2. The zero-order valence-electron chi connectivity index (χ0n) is 21.3. The van der Waals surface area contributed by atoms with Crippen LogP contribution in [0.15, 0.2) is 48.5 Å². The van der Waals surface area contributed by atoms with Crippen LogP contribution in [0.4, 0.5) is 4.79 Å². The van der Waals surface area contributed by atoms with Crippen molar-refractivity contribution in [1.29, 1.82) is 0 Å². The molecule has 2 aromatic rings. The second-order valence-corrected chi connectivity index (χ2v) is 10.7. The molecule has 1 aliphatic heterocycles. The number of ether oxygens (including phenoxy) is 2. The maximum Gasteiger partial charge on any atom is 0.320 e. The zero-order valence-corrected chi connectivity index (χ0v) is 21.3. The summed E-state index contributed by atoms with van der Waals surface area (Å²) >= 11 is 0. The molecule has 1 heterocycles. The normalized spacial score (nSPS) is 26.6. The predicted molar refractivity (Wildman–Crippen MR) is 137 cm³/mol. The lowest BCUT2D eigenvalue weighted by Gasteiger charge is -2.36. The molecule has 7 heteroatoms. The van der Waals surface area contributed by atoms with Crippen molar-refractivity contribution < 1.29 is 24.5 Å². The highest BCUT2D eigenvalue weighted by molar-refractivity contribution is 5.76. The van der Waals surface area contributed by atoms with Gasteiger partial charge in [0, 0.05) is 13.1 Å². The van der Waals surface area contributed by atoms with Gasteiger partial charge in [0.2, 0.25) is 0 Å². The Labute approximate surface area is 213 Å². The van der Waals surface area contributed by atoms with Gasteiger partial charge in [-0.25, -0.2) is 4.79 Å². The monoisotopic (exact) mass is 494 g/mol. The summed E-state index contributed by atoms with van der Waals surface area (Å²) in [7, 11) is 3.27. The van der Waals surface area contributed by atoms with Crippen molar-refractivity contribution in [3.63, 3.8) is 0 Å². The molecule has 3 aliphatic rings. The van der Waals surface area contributed by atoms with E-state index in [1.165, 1.54) is 0 Å². The van der Waals surface area contributed by atoms with E-state index in [0.29, 0.717) is 37.8 Å². The molecule has 4 atom stereocenters. The summed E-state index contributed by atoms with van der Waals surface area (Å²) in [6.45, 7) is 1.25. The third-order valence-corrected chi connectivity index (χ3v) is 7.94. The van der Waals surface area contributed by atoms with Gasteiger partial charge in [0.25, 0.3) is 0 Å². The van der Waals surface area contributed by atoms with Gasteiger partial charge in [0.05, 0.1) is 26.3 Å². The van der Waals surface area contributed by atoms with E-state index >= 15 is 0 Å². The average molecular weight is 495 g/mol. The molecule has 0 bridgehead atoms. The molecule has 2 N–H and O–H groups in total. The van der Waals surface area contributed by atoms with Crippen LogP contribution < -0.4 is 9.47 Å². The summed E-state index contributed by atoms with van der Waals surface area (Å²) in [5, 5.41) is 23.2. The number of methoxy groups -OCH3 is 2. The van der Waals surface area contributed by atoms with Gasteiger partial charge in [-0.3, -0.25) is 0 Å². The third kappa shape index (κ3) is 5.62. The number of benzene rings is 2. The summed E-state index contributed by atoms with van der Waals surface area (Å²) in [5.41, 5.74) is 2.01. The lowest BCUT2D eigenvalue weighted by atomic mass is 9.91. The quantitative estimate of drug-likeness (QED) is 0.528. The number of hydrogen-bond acceptors (Lipinski definition) is 5. The molecule has 0 spiro atoms. The molecule has 2 aromatic carbocycles. The largest absolute Gasteiger partial charge is 0.497 e. The molecule has 2 aliphatic carbocycles. The first-order valence-corrected chi connectivity index (χ1v) is 13.2. The molecule has 3 fully saturated rings. The summed E-state index contributed by atoms with van der Waals surface area (Å²) in [6.07, 6.45) is 3.28. The average Bonchev–Trinajstić information content (AvgIpc) is 3.84. The molecule has 36 heavy (non-hydrogen) atoms. The number of carbonyl (C=O) groups is 1. The van der Waals surface area contributed by atoms with E-state index in [4.69, 9.17) is 9.47 Å². The number of urea groups is 1. The molecule has 2 saturated carbocycles. The highest BCUT2D eigenvalue weighted by Crippen LogP contribution is 2.37. The number of carbonyl (C=O) groups excluding carboxylic acids is 1. The molecule has 0 radical (unpaired) electrons. The number of rotatable bonds is 10. The Bertz CT molecular complexity index is 937. The SMILES string of the molecule is COc1ccc(C[C@@H]2[C@H](O)[C@@H](O)[C@@H](Cc3ccc(OC)cc3)N(CC3CC3)C(=O)N2CC2CC2)cc1. The maximum atomic E-state index is 14.2. The smallest absolute Gasteiger partial charge is 0.320 e. The Hall–Kier alpha value is -2.77. The fourth-order valence-corrected chi connectivity index (χ4v) is 5.32. The minimum Gasteiger partial charge on any atom is -0.497 e. The molecule has 7 nitrogen and oxygen atoms in total. The highest BCUT2D eigenvalue weighted by atomic mass is 16.5. The Morgan fingerprint density at radius 2 is 1.06 bits per heavy atom. The minimum absolute atomic E-state index is 0.0542. The molecule has 2 amide bonds. The van der Waals surface area contributed by atoms with Gasteiger partial charge in [-0.2, -0.15) is 0 Å². The van der Waals surface area contributed by atoms with Crippen molar-refractivity contribution in [2.75, 3.05) is 27.3 Å². The molecule has 194 valence electrons. The van der Waals surface area contributed by atoms with Crippen molar-refractivity contribution in [3.05, 3.63) is 59.7 Å². The van der Waals surface area contributed by atoms with E-state index in [-0.39, 0.29) is 6.03 Å². The van der Waals surface area contributed by atoms with Crippen molar-refractivity contribution in [1.82, 2.24) is 9.80 Å². The van der Waals surface area contributed by atoms with Gasteiger partial charge in [-0.05, 0) is 85.8 Å². The van der Waals surface area contributed by atoms with Crippen LogP contribution in [0.3, 0.4) is 0 Å². The number of aliphatic hydroxyl groups is 2. The van der Waals surface area contributed by atoms with Crippen molar-refractivity contribution >= 4 is 6.03 Å². The number of hydrogen-bond donors (Lipinski definition) is 2. The minimum atomic E-state index is -1.05. The lowest BCUT2D eigenvalue weighted by molar-refractivity contribution is -0.0401. The fourth-order valence-electron chi connectivity index (χ4n) is 5.32. The van der Waals surface area contributed by atoms with E-state index in [9.17, 15) is 15.0 Å². The van der Waals surface area contributed by atoms with Crippen LogP contribution in [0.5, 0.6) is 11.5 Å². The lowest BCUT2D eigenvalue weighted by Crippen LogP contribution is -2.52. The second-order valence-electron chi connectivity index (χ2n) is 10.7. The van der Waals surface area contributed by atoms with Crippen molar-refractivity contribution in [2.45, 2.75) is 62.8 Å². The van der Waals surface area contributed by atoms with Gasteiger partial charge in [0.15, 0.2) is 0 Å². The van der Waals surface area contributed by atoms with Crippen LogP contribution in [0, 0.1) is 11.8 Å². The third-order valence-electron chi connectivity index (χ3n) is 7.94. The van der Waals surface area contributed by atoms with Gasteiger partial charge < -0.3 is 29.5 Å². The topological polar surface area (TPSA) is 82.5 Å². The zero-order chi connectivity index (χ0) is 25.2. The molecule has 0 unspecified atom stereocenters. The maximum absolute atomic E-state index is 14.2. The van der Waals surface area contributed by atoms with Crippen LogP contribution in [0.1, 0.15) is 36.8 Å². The van der Waals surface area contributed by atoms with E-state index in [1.807, 2.05) is 58.3 Å². The summed E-state index contributed by atoms with van der Waals surface area (Å²) < 4.78 is 10.6. The van der Waals surface area contributed by atoms with Crippen LogP contribution in [-0.2, 0) is 12.8 Å². The van der Waals surface area contributed by atoms with Crippen molar-refractivity contribution in [2.24, 2.45) is 11.8 Å². The van der Waals surface area contributed by atoms with Gasteiger partial charge in [-0.1, -0.05) is 24.3 Å². The van der Waals surface area contributed by atoms with Crippen LogP contribution in [0.2, 0.25) is 0 Å². The summed E-state index contributed by atoms with van der Waals surface area (Å²) in [4.78, 5) is 17.9. The Kier molecular flexibility index (Phi) is 7.39. The molecule has 5 rings (SSSR count). The Balaban J connectivity index is 1.46. The van der Waals surface area contributed by atoms with Crippen LogP contribution in [0.25, 0.3) is 0 Å². The van der Waals surface area contributed by atoms with Gasteiger partial charge in [-0.15, -0.1) is 0 Å². The first kappa shape index (κ1) is 24.9. The number of amides is 2. The number of aliphatic hydroxyl groups excluding tert-OH is 2. The predicted octanol–water partition coefficient (Wildman–Crippen LogP) is 3.51. The molecular formula is C29H38N2O5. The second kappa shape index (κ2) is 10.7. The van der Waals surface area contributed by atoms with Gasteiger partial charge >= 0.3 is 6.03 Å².